The Kier molecular flexibility index (Phi) is 4.21. The van der Waals surface area contributed by atoms with Gasteiger partial charge in [0, 0.05) is 18.8 Å². The van der Waals surface area contributed by atoms with E-state index in [0.29, 0.717) is 36.3 Å². The van der Waals surface area contributed by atoms with Crippen LogP contribution >= 0.6 is 0 Å². The molecular formula is C16H22N4O3. The third kappa shape index (κ3) is 3.01. The molecular weight excluding hydrogens is 296 g/mol. The predicted octanol–water partition coefficient (Wildman–Crippen LogP) is 1.52. The van der Waals surface area contributed by atoms with Crippen molar-refractivity contribution in [3.05, 3.63) is 35.0 Å². The van der Waals surface area contributed by atoms with Crippen LogP contribution in [0.25, 0.3) is 0 Å². The second-order valence-electron chi connectivity index (χ2n) is 6.20. The first-order valence-corrected chi connectivity index (χ1v) is 7.92. The molecule has 1 atom stereocenters. The Labute approximate surface area is 134 Å². The van der Waals surface area contributed by atoms with Crippen LogP contribution in [0.3, 0.4) is 0 Å². The van der Waals surface area contributed by atoms with Crippen molar-refractivity contribution >= 4 is 5.91 Å². The molecule has 2 heterocycles. The Morgan fingerprint density at radius 3 is 2.87 bits per heavy atom. The molecule has 0 aliphatic heterocycles. The molecule has 2 aromatic rings. The third-order valence-corrected chi connectivity index (χ3v) is 4.49. The topological polar surface area (TPSA) is 93.2 Å². The SMILES string of the molecule is CCc1noc(C)c1C(=O)N[C@H](c1cnn(C)c1)C1CC(O)C1. The summed E-state index contributed by atoms with van der Waals surface area (Å²) in [6.07, 6.45) is 5.39. The maximum absolute atomic E-state index is 12.7. The fourth-order valence-corrected chi connectivity index (χ4v) is 3.14. The van der Waals surface area contributed by atoms with Gasteiger partial charge in [-0.2, -0.15) is 5.10 Å². The standard InChI is InChI=1S/C16H22N4O3/c1-4-13-14(9(2)23-19-13)16(22)18-15(10-5-12(21)6-10)11-7-17-20(3)8-11/h7-8,10,12,15,21H,4-6H2,1-3H3,(H,18,22)/t10?,12?,15-/m0/s1. The number of carbonyl (C=O) groups excluding carboxylic acids is 1. The normalized spacial score (nSPS) is 21.7. The van der Waals surface area contributed by atoms with Crippen molar-refractivity contribution in [2.75, 3.05) is 0 Å². The molecule has 0 spiro atoms. The number of aliphatic hydroxyl groups excluding tert-OH is 1. The van der Waals surface area contributed by atoms with Crippen molar-refractivity contribution in [3.63, 3.8) is 0 Å². The first-order chi connectivity index (χ1) is 11.0. The summed E-state index contributed by atoms with van der Waals surface area (Å²) in [5, 5.41) is 20.8. The Hall–Kier alpha value is -2.15. The third-order valence-electron chi connectivity index (χ3n) is 4.49. The maximum atomic E-state index is 12.7. The molecule has 1 aliphatic carbocycles. The summed E-state index contributed by atoms with van der Waals surface area (Å²) in [7, 11) is 1.84. The number of carbonyl (C=O) groups is 1. The van der Waals surface area contributed by atoms with Gasteiger partial charge in [0.1, 0.15) is 11.3 Å². The van der Waals surface area contributed by atoms with Gasteiger partial charge >= 0.3 is 0 Å². The molecule has 7 nitrogen and oxygen atoms in total. The molecule has 3 rings (SSSR count). The van der Waals surface area contributed by atoms with Gasteiger partial charge in [-0.3, -0.25) is 9.48 Å². The molecule has 124 valence electrons. The number of amides is 1. The van der Waals surface area contributed by atoms with Crippen molar-refractivity contribution in [3.8, 4) is 0 Å². The van der Waals surface area contributed by atoms with Gasteiger partial charge in [-0.25, -0.2) is 0 Å². The Balaban J connectivity index is 1.83. The van der Waals surface area contributed by atoms with Gasteiger partial charge in [-0.1, -0.05) is 12.1 Å². The van der Waals surface area contributed by atoms with E-state index in [4.69, 9.17) is 4.52 Å². The highest BCUT2D eigenvalue weighted by atomic mass is 16.5. The number of aryl methyl sites for hydroxylation is 3. The second-order valence-corrected chi connectivity index (χ2v) is 6.20. The first-order valence-electron chi connectivity index (χ1n) is 7.92. The minimum atomic E-state index is -0.278. The number of hydrogen-bond donors (Lipinski definition) is 2. The van der Waals surface area contributed by atoms with E-state index >= 15 is 0 Å². The molecule has 0 radical (unpaired) electrons. The number of nitrogens with zero attached hydrogens (tertiary/aromatic N) is 3. The minimum Gasteiger partial charge on any atom is -0.393 e. The molecule has 0 saturated heterocycles. The van der Waals surface area contributed by atoms with Crippen molar-refractivity contribution in [2.24, 2.45) is 13.0 Å². The van der Waals surface area contributed by atoms with Crippen LogP contribution < -0.4 is 5.32 Å². The number of aromatic nitrogens is 3. The lowest BCUT2D eigenvalue weighted by Crippen LogP contribution is -2.41. The van der Waals surface area contributed by atoms with Crippen LogP contribution in [0, 0.1) is 12.8 Å². The quantitative estimate of drug-likeness (QED) is 0.872. The van der Waals surface area contributed by atoms with Gasteiger partial charge in [0.2, 0.25) is 0 Å². The van der Waals surface area contributed by atoms with E-state index in [2.05, 4.69) is 15.6 Å². The van der Waals surface area contributed by atoms with Crippen LogP contribution in [0.15, 0.2) is 16.9 Å². The Morgan fingerprint density at radius 2 is 2.30 bits per heavy atom. The second kappa shape index (κ2) is 6.16. The number of hydrogen-bond acceptors (Lipinski definition) is 5. The largest absolute Gasteiger partial charge is 0.393 e. The number of rotatable bonds is 5. The molecule has 0 aromatic carbocycles. The first kappa shape index (κ1) is 15.7. The summed E-state index contributed by atoms with van der Waals surface area (Å²) >= 11 is 0. The highest BCUT2D eigenvalue weighted by Gasteiger charge is 2.37. The molecule has 1 amide bonds. The van der Waals surface area contributed by atoms with Gasteiger partial charge in [-0.05, 0) is 32.1 Å². The van der Waals surface area contributed by atoms with Crippen molar-refractivity contribution in [1.29, 1.82) is 0 Å². The summed E-state index contributed by atoms with van der Waals surface area (Å²) in [6.45, 7) is 3.68. The lowest BCUT2D eigenvalue weighted by atomic mass is 9.75. The highest BCUT2D eigenvalue weighted by Crippen LogP contribution is 2.38. The van der Waals surface area contributed by atoms with Crippen LogP contribution in [0.4, 0.5) is 0 Å². The molecule has 0 bridgehead atoms. The Bertz CT molecular complexity index is 700. The van der Waals surface area contributed by atoms with Crippen LogP contribution in [0.5, 0.6) is 0 Å². The van der Waals surface area contributed by atoms with Gasteiger partial charge in [0.15, 0.2) is 0 Å². The Morgan fingerprint density at radius 1 is 1.57 bits per heavy atom. The zero-order valence-corrected chi connectivity index (χ0v) is 13.6. The number of nitrogens with one attached hydrogen (secondary N) is 1. The molecule has 23 heavy (non-hydrogen) atoms. The summed E-state index contributed by atoms with van der Waals surface area (Å²) in [5.41, 5.74) is 2.13. The smallest absolute Gasteiger partial charge is 0.257 e. The van der Waals surface area contributed by atoms with Crippen molar-refractivity contribution in [1.82, 2.24) is 20.3 Å². The van der Waals surface area contributed by atoms with Crippen molar-refractivity contribution in [2.45, 2.75) is 45.3 Å². The van der Waals surface area contributed by atoms with Crippen LogP contribution in [-0.4, -0.2) is 32.1 Å². The van der Waals surface area contributed by atoms with Crippen LogP contribution in [0.2, 0.25) is 0 Å². The fraction of sp³-hybridized carbons (Fsp3) is 0.562. The number of aliphatic hydroxyl groups is 1. The zero-order chi connectivity index (χ0) is 16.6. The summed E-state index contributed by atoms with van der Waals surface area (Å²) < 4.78 is 6.86. The van der Waals surface area contributed by atoms with E-state index in [9.17, 15) is 9.90 Å². The van der Waals surface area contributed by atoms with Gasteiger partial charge in [-0.15, -0.1) is 0 Å². The molecule has 1 saturated carbocycles. The lowest BCUT2D eigenvalue weighted by molar-refractivity contribution is 0.0235. The van der Waals surface area contributed by atoms with E-state index in [1.54, 1.807) is 17.8 Å². The van der Waals surface area contributed by atoms with Gasteiger partial charge in [0.25, 0.3) is 5.91 Å². The molecule has 0 unspecified atom stereocenters. The molecule has 1 aliphatic rings. The van der Waals surface area contributed by atoms with Gasteiger partial charge in [0.05, 0.1) is 24.0 Å². The van der Waals surface area contributed by atoms with E-state index < -0.39 is 0 Å². The van der Waals surface area contributed by atoms with E-state index in [1.807, 2.05) is 20.2 Å². The van der Waals surface area contributed by atoms with Crippen LogP contribution in [0.1, 0.15) is 53.2 Å². The zero-order valence-electron chi connectivity index (χ0n) is 13.6. The predicted molar refractivity (Wildman–Crippen MR) is 82.8 cm³/mol. The van der Waals surface area contributed by atoms with E-state index in [1.165, 1.54) is 0 Å². The summed E-state index contributed by atoms with van der Waals surface area (Å²) in [4.78, 5) is 12.7. The lowest BCUT2D eigenvalue weighted by Gasteiger charge is -2.37. The summed E-state index contributed by atoms with van der Waals surface area (Å²) in [5.74, 6) is 0.553. The fourth-order valence-electron chi connectivity index (χ4n) is 3.14. The molecule has 2 aromatic heterocycles. The van der Waals surface area contributed by atoms with E-state index in [0.717, 1.165) is 5.56 Å². The summed E-state index contributed by atoms with van der Waals surface area (Å²) in [6, 6.07) is -0.168. The average Bonchev–Trinajstić information content (AvgIpc) is 3.07. The molecule has 7 heteroatoms. The monoisotopic (exact) mass is 318 g/mol. The molecule has 1 fully saturated rings. The minimum absolute atomic E-state index is 0.168. The van der Waals surface area contributed by atoms with E-state index in [-0.39, 0.29) is 24.0 Å². The highest BCUT2D eigenvalue weighted by molar-refractivity contribution is 5.96. The maximum Gasteiger partial charge on any atom is 0.257 e. The molecule has 2 N–H and O–H groups in total. The van der Waals surface area contributed by atoms with Crippen molar-refractivity contribution < 1.29 is 14.4 Å². The van der Waals surface area contributed by atoms with Crippen LogP contribution in [-0.2, 0) is 13.5 Å². The average molecular weight is 318 g/mol. The van der Waals surface area contributed by atoms with Gasteiger partial charge < -0.3 is 14.9 Å².